The van der Waals surface area contributed by atoms with Crippen molar-refractivity contribution in [3.05, 3.63) is 88.0 Å². The zero-order valence-electron chi connectivity index (χ0n) is 17.5. The van der Waals surface area contributed by atoms with Gasteiger partial charge in [-0.05, 0) is 48.9 Å². The summed E-state index contributed by atoms with van der Waals surface area (Å²) in [5.41, 5.74) is 1.85. The van der Waals surface area contributed by atoms with Crippen LogP contribution < -0.4 is 20.1 Å². The maximum absolute atomic E-state index is 12.7. The highest BCUT2D eigenvalue weighted by atomic mass is 16.6. The number of anilines is 2. The van der Waals surface area contributed by atoms with Crippen molar-refractivity contribution in [2.24, 2.45) is 0 Å². The Balaban J connectivity index is 1.69. The van der Waals surface area contributed by atoms with Crippen LogP contribution in [-0.4, -0.2) is 30.5 Å². The second-order valence-corrected chi connectivity index (χ2v) is 6.80. The molecule has 9 heteroatoms. The molecule has 0 spiro atoms. The molecule has 2 amide bonds. The van der Waals surface area contributed by atoms with Crippen molar-refractivity contribution in [2.75, 3.05) is 24.4 Å². The van der Waals surface area contributed by atoms with E-state index in [1.807, 2.05) is 25.1 Å². The van der Waals surface area contributed by atoms with Crippen LogP contribution in [0.4, 0.5) is 17.1 Å². The maximum atomic E-state index is 12.7. The van der Waals surface area contributed by atoms with Crippen molar-refractivity contribution in [2.45, 2.75) is 6.92 Å². The first-order valence-electron chi connectivity index (χ1n) is 9.59. The van der Waals surface area contributed by atoms with E-state index < -0.39 is 23.3 Å². The number of aryl methyl sites for hydroxylation is 1. The fraction of sp³-hybridized carbons (Fsp3) is 0.130. The Kier molecular flexibility index (Phi) is 7.02. The van der Waals surface area contributed by atoms with Crippen molar-refractivity contribution in [3.8, 4) is 11.5 Å². The Morgan fingerprint density at radius 2 is 1.78 bits per heavy atom. The zero-order chi connectivity index (χ0) is 23.1. The number of amides is 2. The van der Waals surface area contributed by atoms with Crippen LogP contribution in [0.3, 0.4) is 0 Å². The summed E-state index contributed by atoms with van der Waals surface area (Å²) in [6.07, 6.45) is 0. The van der Waals surface area contributed by atoms with Gasteiger partial charge in [-0.1, -0.05) is 24.3 Å². The van der Waals surface area contributed by atoms with Gasteiger partial charge in [-0.3, -0.25) is 19.7 Å². The predicted octanol–water partition coefficient (Wildman–Crippen LogP) is 4.18. The molecular weight excluding hydrogens is 414 g/mol. The maximum Gasteiger partial charge on any atom is 0.314 e. The SMILES string of the molecule is COc1ccc(OCC(=O)Nc2ccccc2C(=O)Nc2cccc(C)c2)c([N+](=O)[O-])c1. The monoisotopic (exact) mass is 435 g/mol. The molecule has 3 aromatic carbocycles. The molecule has 0 unspecified atom stereocenters. The zero-order valence-corrected chi connectivity index (χ0v) is 17.5. The summed E-state index contributed by atoms with van der Waals surface area (Å²) in [7, 11) is 1.39. The van der Waals surface area contributed by atoms with Crippen LogP contribution >= 0.6 is 0 Å². The van der Waals surface area contributed by atoms with Gasteiger partial charge in [0, 0.05) is 5.69 Å². The molecule has 2 N–H and O–H groups in total. The summed E-state index contributed by atoms with van der Waals surface area (Å²) in [4.78, 5) is 35.7. The van der Waals surface area contributed by atoms with E-state index in [0.717, 1.165) is 5.56 Å². The molecule has 3 aromatic rings. The fourth-order valence-electron chi connectivity index (χ4n) is 2.93. The second-order valence-electron chi connectivity index (χ2n) is 6.80. The average molecular weight is 435 g/mol. The van der Waals surface area contributed by atoms with E-state index in [2.05, 4.69) is 10.6 Å². The number of nitrogens with one attached hydrogen (secondary N) is 2. The number of methoxy groups -OCH3 is 1. The molecule has 0 fully saturated rings. The van der Waals surface area contributed by atoms with Crippen molar-refractivity contribution < 1.29 is 24.0 Å². The summed E-state index contributed by atoms with van der Waals surface area (Å²) in [6.45, 7) is 1.43. The van der Waals surface area contributed by atoms with E-state index in [1.165, 1.54) is 25.3 Å². The number of ether oxygens (including phenoxy) is 2. The molecular formula is C23H21N3O6. The van der Waals surface area contributed by atoms with Gasteiger partial charge in [-0.2, -0.15) is 0 Å². The van der Waals surface area contributed by atoms with Gasteiger partial charge in [0.1, 0.15) is 5.75 Å². The van der Waals surface area contributed by atoms with Gasteiger partial charge in [0.25, 0.3) is 11.8 Å². The summed E-state index contributed by atoms with van der Waals surface area (Å²) in [5.74, 6) is -0.748. The number of carbonyl (C=O) groups is 2. The van der Waals surface area contributed by atoms with E-state index in [9.17, 15) is 19.7 Å². The highest BCUT2D eigenvalue weighted by Crippen LogP contribution is 2.31. The molecule has 0 bridgehead atoms. The van der Waals surface area contributed by atoms with Crippen LogP contribution in [0.25, 0.3) is 0 Å². The Morgan fingerprint density at radius 3 is 2.50 bits per heavy atom. The first-order valence-corrected chi connectivity index (χ1v) is 9.59. The number of rotatable bonds is 8. The molecule has 9 nitrogen and oxygen atoms in total. The van der Waals surface area contributed by atoms with E-state index in [4.69, 9.17) is 9.47 Å². The van der Waals surface area contributed by atoms with Crippen molar-refractivity contribution in [1.29, 1.82) is 0 Å². The standard InChI is InChI=1S/C23H21N3O6/c1-15-6-5-7-16(12-15)24-23(28)18-8-3-4-9-19(18)25-22(27)14-32-21-11-10-17(31-2)13-20(21)26(29)30/h3-13H,14H2,1-2H3,(H,24,28)(H,25,27). The van der Waals surface area contributed by atoms with E-state index >= 15 is 0 Å². The van der Waals surface area contributed by atoms with Gasteiger partial charge < -0.3 is 20.1 Å². The summed E-state index contributed by atoms with van der Waals surface area (Å²) < 4.78 is 10.3. The lowest BCUT2D eigenvalue weighted by molar-refractivity contribution is -0.385. The fourth-order valence-corrected chi connectivity index (χ4v) is 2.93. The molecule has 0 saturated heterocycles. The van der Waals surface area contributed by atoms with Crippen molar-refractivity contribution in [1.82, 2.24) is 0 Å². The van der Waals surface area contributed by atoms with Gasteiger partial charge in [0.2, 0.25) is 0 Å². The number of nitrogens with zero attached hydrogens (tertiary/aromatic N) is 1. The predicted molar refractivity (Wildman–Crippen MR) is 119 cm³/mol. The molecule has 32 heavy (non-hydrogen) atoms. The number of carbonyl (C=O) groups excluding carboxylic acids is 2. The third-order valence-electron chi connectivity index (χ3n) is 4.44. The largest absolute Gasteiger partial charge is 0.496 e. The first-order chi connectivity index (χ1) is 15.4. The molecule has 164 valence electrons. The van der Waals surface area contributed by atoms with Gasteiger partial charge in [-0.25, -0.2) is 0 Å². The average Bonchev–Trinajstić information content (AvgIpc) is 2.77. The van der Waals surface area contributed by atoms with Gasteiger partial charge in [0.15, 0.2) is 12.4 Å². The van der Waals surface area contributed by atoms with Crippen LogP contribution in [0.15, 0.2) is 66.7 Å². The van der Waals surface area contributed by atoms with E-state index in [1.54, 1.807) is 30.3 Å². The molecule has 0 atom stereocenters. The minimum atomic E-state index is -0.624. The Bertz CT molecular complexity index is 1160. The van der Waals surface area contributed by atoms with Crippen LogP contribution in [0, 0.1) is 17.0 Å². The topological polar surface area (TPSA) is 120 Å². The number of nitro groups is 1. The van der Waals surface area contributed by atoms with Gasteiger partial charge >= 0.3 is 5.69 Å². The highest BCUT2D eigenvalue weighted by Gasteiger charge is 2.19. The third-order valence-corrected chi connectivity index (χ3v) is 4.44. The van der Waals surface area contributed by atoms with Crippen molar-refractivity contribution >= 4 is 28.9 Å². The summed E-state index contributed by atoms with van der Waals surface area (Å²) in [5, 5.41) is 16.6. The minimum Gasteiger partial charge on any atom is -0.496 e. The summed E-state index contributed by atoms with van der Waals surface area (Å²) >= 11 is 0. The lowest BCUT2D eigenvalue weighted by Gasteiger charge is -2.12. The molecule has 0 saturated carbocycles. The molecule has 3 rings (SSSR count). The summed E-state index contributed by atoms with van der Waals surface area (Å²) in [6, 6.07) is 17.9. The lowest BCUT2D eigenvalue weighted by atomic mass is 10.1. The van der Waals surface area contributed by atoms with Crippen LogP contribution in [0.5, 0.6) is 11.5 Å². The molecule has 0 radical (unpaired) electrons. The smallest absolute Gasteiger partial charge is 0.314 e. The number of nitro benzene ring substituents is 1. The van der Waals surface area contributed by atoms with Crippen molar-refractivity contribution in [3.63, 3.8) is 0 Å². The van der Waals surface area contributed by atoms with Gasteiger partial charge in [0.05, 0.1) is 29.4 Å². The van der Waals surface area contributed by atoms with Gasteiger partial charge in [-0.15, -0.1) is 0 Å². The molecule has 0 aliphatic heterocycles. The normalized spacial score (nSPS) is 10.2. The van der Waals surface area contributed by atoms with E-state index in [-0.39, 0.29) is 22.7 Å². The quantitative estimate of drug-likeness (QED) is 0.405. The highest BCUT2D eigenvalue weighted by molar-refractivity contribution is 6.10. The van der Waals surface area contributed by atoms with Crippen LogP contribution in [0.2, 0.25) is 0 Å². The van der Waals surface area contributed by atoms with E-state index in [0.29, 0.717) is 11.4 Å². The number of para-hydroxylation sites is 1. The number of hydrogen-bond acceptors (Lipinski definition) is 6. The Labute approximate surface area is 184 Å². The Hall–Kier alpha value is -4.40. The second kappa shape index (κ2) is 10.1. The molecule has 0 aromatic heterocycles. The number of hydrogen-bond donors (Lipinski definition) is 2. The first kappa shape index (κ1) is 22.3. The minimum absolute atomic E-state index is 0.0728. The Morgan fingerprint density at radius 1 is 1.00 bits per heavy atom. The lowest BCUT2D eigenvalue weighted by Crippen LogP contribution is -2.23. The molecule has 0 aliphatic rings. The molecule has 0 heterocycles. The van der Waals surface area contributed by atoms with Crippen LogP contribution in [-0.2, 0) is 4.79 Å². The molecule has 0 aliphatic carbocycles. The number of benzene rings is 3. The van der Waals surface area contributed by atoms with Crippen LogP contribution in [0.1, 0.15) is 15.9 Å². The third kappa shape index (κ3) is 5.60.